The Kier molecular flexibility index (Phi) is 7.90. The van der Waals surface area contributed by atoms with E-state index in [2.05, 4.69) is 74.1 Å². The van der Waals surface area contributed by atoms with E-state index in [-0.39, 0.29) is 0 Å². The number of aliphatic imine (C=N–C) groups is 4. The minimum absolute atomic E-state index is 0.497. The lowest BCUT2D eigenvalue weighted by atomic mass is 9.83. The van der Waals surface area contributed by atoms with Crippen molar-refractivity contribution >= 4 is 69.9 Å². The number of nitrogens with one attached hydrogen (secondary N) is 2. The van der Waals surface area contributed by atoms with Crippen LogP contribution in [0.3, 0.4) is 0 Å². The highest BCUT2D eigenvalue weighted by molar-refractivity contribution is 6.24. The van der Waals surface area contributed by atoms with Gasteiger partial charge in [-0.1, -0.05) is 31.4 Å². The normalized spacial score (nSPS) is 18.7. The Labute approximate surface area is 296 Å². The molecule has 1 saturated carbocycles. The van der Waals surface area contributed by atoms with Crippen LogP contribution in [0.15, 0.2) is 108 Å². The van der Waals surface area contributed by atoms with Gasteiger partial charge in [-0.05, 0) is 80.0 Å². The summed E-state index contributed by atoms with van der Waals surface area (Å²) in [7, 11) is 0. The molecule has 2 fully saturated rings. The lowest BCUT2D eigenvalue weighted by Gasteiger charge is -2.32. The number of nitrogens with two attached hydrogens (primary N) is 2. The van der Waals surface area contributed by atoms with Crippen LogP contribution < -0.4 is 27.0 Å². The van der Waals surface area contributed by atoms with Crippen LogP contribution in [0.5, 0.6) is 0 Å². The molecule has 4 aliphatic heterocycles. The molecule has 2 aromatic carbocycles. The van der Waals surface area contributed by atoms with Crippen molar-refractivity contribution in [2.24, 2.45) is 20.0 Å². The summed E-state index contributed by atoms with van der Waals surface area (Å²) in [5, 5.41) is 6.96. The number of nitrogens with zero attached hydrogens (tertiary/aromatic N) is 6. The van der Waals surface area contributed by atoms with Crippen molar-refractivity contribution in [3.8, 4) is 0 Å². The standard InChI is InChI=1S/C39H40N10O2/c40-26-16-36(50-21-26)44-32-15-25(24-7-3-1-4-8-24)9-11-30(32)34-19-29-20-35(47-39-43-23-42-38(46-34)49(29)39)31-12-10-28(48-13-5-2-6-14-48)18-33(31)45-37-17-27(41)22-51-37/h9-12,15-24,44-45H,1-8,13-14,40-41H2. The predicted octanol–water partition coefficient (Wildman–Crippen LogP) is 8.36. The van der Waals surface area contributed by atoms with Crippen LogP contribution in [-0.4, -0.2) is 42.0 Å². The number of anilines is 7. The Morgan fingerprint density at radius 1 is 0.706 bits per heavy atom. The number of piperidine rings is 1. The van der Waals surface area contributed by atoms with E-state index in [0.717, 1.165) is 58.4 Å². The van der Waals surface area contributed by atoms with Crippen LogP contribution in [-0.2, 0) is 0 Å². The highest BCUT2D eigenvalue weighted by Crippen LogP contribution is 2.40. The third-order valence-corrected chi connectivity index (χ3v) is 10.2. The summed E-state index contributed by atoms with van der Waals surface area (Å²) in [5.41, 5.74) is 21.5. The first kappa shape index (κ1) is 31.0. The first-order valence-corrected chi connectivity index (χ1v) is 17.8. The zero-order valence-corrected chi connectivity index (χ0v) is 28.3. The summed E-state index contributed by atoms with van der Waals surface area (Å²) < 4.78 is 11.4. The summed E-state index contributed by atoms with van der Waals surface area (Å²) >= 11 is 0. The Balaban J connectivity index is 1.12. The van der Waals surface area contributed by atoms with Gasteiger partial charge in [0.2, 0.25) is 11.9 Å². The molecule has 51 heavy (non-hydrogen) atoms. The fourth-order valence-corrected chi connectivity index (χ4v) is 7.62. The van der Waals surface area contributed by atoms with Crippen molar-refractivity contribution in [2.75, 3.05) is 40.1 Å². The molecule has 0 spiro atoms. The van der Waals surface area contributed by atoms with Gasteiger partial charge in [-0.25, -0.2) is 24.9 Å². The van der Waals surface area contributed by atoms with Gasteiger partial charge in [0, 0.05) is 42.0 Å². The molecule has 0 amide bonds. The van der Waals surface area contributed by atoms with Crippen molar-refractivity contribution in [1.29, 1.82) is 0 Å². The van der Waals surface area contributed by atoms with Gasteiger partial charge in [0.15, 0.2) is 11.8 Å². The molecule has 5 aliphatic rings. The van der Waals surface area contributed by atoms with E-state index in [1.54, 1.807) is 18.4 Å². The van der Waals surface area contributed by atoms with E-state index in [1.165, 1.54) is 69.5 Å². The average molecular weight is 681 g/mol. The molecule has 2 aromatic heterocycles. The first-order valence-electron chi connectivity index (χ1n) is 17.8. The summed E-state index contributed by atoms with van der Waals surface area (Å²) in [6, 6.07) is 16.7. The molecule has 6 N–H and O–H groups in total. The Morgan fingerprint density at radius 3 is 2.14 bits per heavy atom. The molecular weight excluding hydrogens is 640 g/mol. The summed E-state index contributed by atoms with van der Waals surface area (Å²) in [5.74, 6) is 2.66. The lowest BCUT2D eigenvalue weighted by Crippen LogP contribution is -2.40. The Bertz CT molecular complexity index is 2060. The molecule has 12 heteroatoms. The summed E-state index contributed by atoms with van der Waals surface area (Å²) in [6.45, 7) is 2.06. The van der Waals surface area contributed by atoms with Crippen molar-refractivity contribution in [3.05, 3.63) is 95.6 Å². The van der Waals surface area contributed by atoms with Gasteiger partial charge in [0.25, 0.3) is 0 Å². The largest absolute Gasteiger partial charge is 0.446 e. The number of guanidine groups is 2. The van der Waals surface area contributed by atoms with E-state index >= 15 is 0 Å². The highest BCUT2D eigenvalue weighted by atomic mass is 16.3. The minimum Gasteiger partial charge on any atom is -0.446 e. The Morgan fingerprint density at radius 2 is 1.41 bits per heavy atom. The maximum atomic E-state index is 6.01. The number of hydrogen-bond acceptors (Lipinski definition) is 12. The van der Waals surface area contributed by atoms with Crippen LogP contribution in [0, 0.1) is 0 Å². The van der Waals surface area contributed by atoms with Gasteiger partial charge in [0.05, 0.1) is 39.9 Å². The quantitative estimate of drug-likeness (QED) is 0.145. The monoisotopic (exact) mass is 680 g/mol. The Hall–Kier alpha value is -6.04. The van der Waals surface area contributed by atoms with Gasteiger partial charge >= 0.3 is 0 Å². The molecule has 9 rings (SSSR count). The molecule has 0 radical (unpaired) electrons. The fraction of sp³-hybridized carbons (Fsp3) is 0.282. The number of rotatable bonds is 8. The predicted molar refractivity (Wildman–Crippen MR) is 205 cm³/mol. The van der Waals surface area contributed by atoms with Crippen molar-refractivity contribution < 1.29 is 8.83 Å². The van der Waals surface area contributed by atoms with E-state index < -0.39 is 0 Å². The topological polar surface area (TPSA) is 158 Å². The number of hydrogen-bond donors (Lipinski definition) is 4. The van der Waals surface area contributed by atoms with E-state index in [0.29, 0.717) is 41.0 Å². The van der Waals surface area contributed by atoms with Gasteiger partial charge < -0.3 is 35.8 Å². The fourth-order valence-electron chi connectivity index (χ4n) is 7.62. The molecule has 12 nitrogen and oxygen atoms in total. The molecule has 0 atom stereocenters. The molecule has 6 heterocycles. The van der Waals surface area contributed by atoms with E-state index in [9.17, 15) is 0 Å². The summed E-state index contributed by atoms with van der Waals surface area (Å²) in [6.07, 6.45) is 18.5. The molecular formula is C39H40N10O2. The SMILES string of the molecule is Nc1coc(Nc2cc(C3CCCCC3)ccc2C2=CC3=CC(c4ccc(N5CCCCC5)cc4Nc4cc(N)co4)=NC4=NC=NC(=N2)N34)c1. The number of nitrogen functional groups attached to an aromatic ring is 2. The van der Waals surface area contributed by atoms with Crippen molar-refractivity contribution in [2.45, 2.75) is 57.3 Å². The van der Waals surface area contributed by atoms with Gasteiger partial charge in [-0.3, -0.25) is 0 Å². The van der Waals surface area contributed by atoms with Gasteiger partial charge in [0.1, 0.15) is 18.9 Å². The second-order valence-electron chi connectivity index (χ2n) is 13.7. The average Bonchev–Trinajstić information content (AvgIpc) is 3.78. The van der Waals surface area contributed by atoms with Gasteiger partial charge in [-0.2, -0.15) is 0 Å². The highest BCUT2D eigenvalue weighted by Gasteiger charge is 2.32. The second-order valence-corrected chi connectivity index (χ2v) is 13.7. The van der Waals surface area contributed by atoms with Crippen LogP contribution in [0.25, 0.3) is 5.70 Å². The minimum atomic E-state index is 0.497. The number of allylic oxidation sites excluding steroid dienone is 2. The summed E-state index contributed by atoms with van der Waals surface area (Å²) in [4.78, 5) is 23.5. The number of benzene rings is 2. The van der Waals surface area contributed by atoms with Crippen LogP contribution in [0.1, 0.15) is 74.0 Å². The molecule has 258 valence electrons. The lowest BCUT2D eigenvalue weighted by molar-refractivity contribution is 0.443. The second kappa shape index (κ2) is 13.0. The van der Waals surface area contributed by atoms with E-state index in [1.807, 2.05) is 4.90 Å². The molecule has 0 bridgehead atoms. The molecule has 0 unspecified atom stereocenters. The van der Waals surface area contributed by atoms with E-state index in [4.69, 9.17) is 30.3 Å². The number of furan rings is 2. The van der Waals surface area contributed by atoms with Crippen LogP contribution >= 0.6 is 0 Å². The van der Waals surface area contributed by atoms with Crippen LogP contribution in [0.4, 0.5) is 40.2 Å². The molecule has 1 aliphatic carbocycles. The first-order chi connectivity index (χ1) is 25.0. The zero-order chi connectivity index (χ0) is 34.3. The third kappa shape index (κ3) is 6.17. The maximum Gasteiger partial charge on any atom is 0.239 e. The van der Waals surface area contributed by atoms with Gasteiger partial charge in [-0.15, -0.1) is 0 Å². The van der Waals surface area contributed by atoms with Crippen LogP contribution in [0.2, 0.25) is 0 Å². The smallest absolute Gasteiger partial charge is 0.239 e. The van der Waals surface area contributed by atoms with Crippen molar-refractivity contribution in [1.82, 2.24) is 4.90 Å². The zero-order valence-electron chi connectivity index (χ0n) is 28.3. The van der Waals surface area contributed by atoms with Crippen molar-refractivity contribution in [3.63, 3.8) is 0 Å². The molecule has 4 aromatic rings. The molecule has 1 saturated heterocycles. The third-order valence-electron chi connectivity index (χ3n) is 10.2. The maximum absolute atomic E-state index is 6.01.